The van der Waals surface area contributed by atoms with Crippen LogP contribution in [0, 0.1) is 0 Å². The smallest absolute Gasteiger partial charge is 0.339 e. The summed E-state index contributed by atoms with van der Waals surface area (Å²) in [6.45, 7) is 3.44. The lowest BCUT2D eigenvalue weighted by Crippen LogP contribution is -2.11. The highest BCUT2D eigenvalue weighted by Crippen LogP contribution is 2.18. The summed E-state index contributed by atoms with van der Waals surface area (Å²) in [6, 6.07) is 4.56. The van der Waals surface area contributed by atoms with Gasteiger partial charge in [0.1, 0.15) is 11.3 Å². The maximum atomic E-state index is 10.6. The second-order valence-corrected chi connectivity index (χ2v) is 2.94. The Morgan fingerprint density at radius 3 is 2.60 bits per heavy atom. The zero-order valence-corrected chi connectivity index (χ0v) is 9.17. The third-order valence-electron chi connectivity index (χ3n) is 1.87. The van der Waals surface area contributed by atoms with Crippen molar-refractivity contribution in [3.63, 3.8) is 0 Å². The van der Waals surface area contributed by atoms with Gasteiger partial charge in [-0.1, -0.05) is 13.0 Å². The van der Waals surface area contributed by atoms with Gasteiger partial charge in [0.25, 0.3) is 0 Å². The van der Waals surface area contributed by atoms with Crippen LogP contribution in [0.3, 0.4) is 0 Å². The average molecular weight is 232 g/mol. The molecule has 0 bridgehead atoms. The van der Waals surface area contributed by atoms with Crippen molar-refractivity contribution in [3.05, 3.63) is 29.3 Å². The first kappa shape index (κ1) is 13.7. The summed E-state index contributed by atoms with van der Waals surface area (Å²) >= 11 is 0. The molecular formula is C10H14ClNO3. The molecule has 1 rings (SSSR count). The number of aromatic carboxylic acids is 1. The van der Waals surface area contributed by atoms with E-state index in [0.717, 1.165) is 12.1 Å². The number of rotatable bonds is 4. The van der Waals surface area contributed by atoms with Gasteiger partial charge in [0.15, 0.2) is 0 Å². The number of halogens is 1. The van der Waals surface area contributed by atoms with Crippen LogP contribution in [0.15, 0.2) is 18.2 Å². The molecule has 0 aliphatic carbocycles. The number of hydrogen-bond donors (Lipinski definition) is 3. The van der Waals surface area contributed by atoms with Gasteiger partial charge in [0.2, 0.25) is 0 Å². The summed E-state index contributed by atoms with van der Waals surface area (Å²) in [4.78, 5) is 10.6. The highest BCUT2D eigenvalue weighted by molar-refractivity contribution is 5.90. The number of hydrogen-bond acceptors (Lipinski definition) is 3. The number of carboxylic acid groups (broad SMARTS) is 1. The van der Waals surface area contributed by atoms with Gasteiger partial charge in [-0.05, 0) is 24.2 Å². The van der Waals surface area contributed by atoms with Crippen molar-refractivity contribution >= 4 is 18.4 Å². The molecule has 1 aromatic rings. The Balaban J connectivity index is 0.00000196. The molecule has 5 heteroatoms. The average Bonchev–Trinajstić information content (AvgIpc) is 2.14. The van der Waals surface area contributed by atoms with Crippen LogP contribution < -0.4 is 5.32 Å². The molecule has 0 heterocycles. The van der Waals surface area contributed by atoms with Gasteiger partial charge >= 0.3 is 5.97 Å². The van der Waals surface area contributed by atoms with E-state index in [1.54, 1.807) is 6.07 Å². The van der Waals surface area contributed by atoms with Crippen LogP contribution in [0.5, 0.6) is 5.75 Å². The third kappa shape index (κ3) is 3.77. The monoisotopic (exact) mass is 231 g/mol. The Bertz CT molecular complexity index is 341. The Kier molecular flexibility index (Phi) is 5.74. The number of carboxylic acids is 1. The molecule has 0 radical (unpaired) electrons. The Labute approximate surface area is 94.3 Å². The van der Waals surface area contributed by atoms with E-state index in [9.17, 15) is 9.90 Å². The fraction of sp³-hybridized carbons (Fsp3) is 0.300. The number of benzene rings is 1. The van der Waals surface area contributed by atoms with Crippen LogP contribution in [0.2, 0.25) is 0 Å². The number of phenols is 1. The minimum absolute atomic E-state index is 0. The van der Waals surface area contributed by atoms with Gasteiger partial charge in [0, 0.05) is 6.54 Å². The van der Waals surface area contributed by atoms with Crippen LogP contribution in [-0.2, 0) is 6.54 Å². The van der Waals surface area contributed by atoms with E-state index < -0.39 is 5.97 Å². The normalized spacial score (nSPS) is 9.40. The van der Waals surface area contributed by atoms with Gasteiger partial charge in [-0.2, -0.15) is 0 Å². The van der Waals surface area contributed by atoms with Gasteiger partial charge in [0.05, 0.1) is 0 Å². The van der Waals surface area contributed by atoms with E-state index in [-0.39, 0.29) is 23.7 Å². The highest BCUT2D eigenvalue weighted by Gasteiger charge is 2.08. The molecule has 0 atom stereocenters. The molecule has 0 aliphatic rings. The second-order valence-electron chi connectivity index (χ2n) is 2.94. The molecular weight excluding hydrogens is 218 g/mol. The summed E-state index contributed by atoms with van der Waals surface area (Å²) in [5.41, 5.74) is 0.805. The lowest BCUT2D eigenvalue weighted by Gasteiger charge is -2.04. The fourth-order valence-corrected chi connectivity index (χ4v) is 1.14. The highest BCUT2D eigenvalue weighted by atomic mass is 35.5. The maximum Gasteiger partial charge on any atom is 0.339 e. The van der Waals surface area contributed by atoms with Crippen molar-refractivity contribution in [3.8, 4) is 5.75 Å². The van der Waals surface area contributed by atoms with Gasteiger partial charge in [-0.15, -0.1) is 12.4 Å². The standard InChI is InChI=1S/C10H13NO3.ClH/c1-2-11-6-7-3-4-8(10(13)14)9(12)5-7;/h3-5,11-12H,2,6H2,1H3,(H,13,14);1H. The molecule has 3 N–H and O–H groups in total. The Morgan fingerprint density at radius 1 is 1.47 bits per heavy atom. The Hall–Kier alpha value is -1.26. The summed E-state index contributed by atoms with van der Waals surface area (Å²) < 4.78 is 0. The van der Waals surface area contributed by atoms with E-state index in [2.05, 4.69) is 5.32 Å². The maximum absolute atomic E-state index is 10.6. The largest absolute Gasteiger partial charge is 0.507 e. The summed E-state index contributed by atoms with van der Waals surface area (Å²) in [5, 5.41) is 21.1. The predicted molar refractivity (Wildman–Crippen MR) is 59.7 cm³/mol. The van der Waals surface area contributed by atoms with E-state index in [0.29, 0.717) is 6.54 Å². The number of carbonyl (C=O) groups is 1. The molecule has 4 nitrogen and oxygen atoms in total. The first-order valence-electron chi connectivity index (χ1n) is 4.41. The predicted octanol–water partition coefficient (Wildman–Crippen LogP) is 1.62. The number of nitrogens with one attached hydrogen (secondary N) is 1. The molecule has 0 aliphatic heterocycles. The minimum atomic E-state index is -1.11. The lowest BCUT2D eigenvalue weighted by atomic mass is 10.1. The van der Waals surface area contributed by atoms with Crippen molar-refractivity contribution in [2.24, 2.45) is 0 Å². The molecule has 0 amide bonds. The zero-order valence-electron chi connectivity index (χ0n) is 8.36. The van der Waals surface area contributed by atoms with E-state index in [1.807, 2.05) is 6.92 Å². The molecule has 0 aromatic heterocycles. The molecule has 0 saturated carbocycles. The molecule has 15 heavy (non-hydrogen) atoms. The topological polar surface area (TPSA) is 69.6 Å². The van der Waals surface area contributed by atoms with E-state index >= 15 is 0 Å². The van der Waals surface area contributed by atoms with Crippen molar-refractivity contribution in [1.82, 2.24) is 5.32 Å². The van der Waals surface area contributed by atoms with Crippen LogP contribution in [0.25, 0.3) is 0 Å². The van der Waals surface area contributed by atoms with Crippen molar-refractivity contribution in [1.29, 1.82) is 0 Å². The van der Waals surface area contributed by atoms with Gasteiger partial charge in [-0.3, -0.25) is 0 Å². The van der Waals surface area contributed by atoms with Gasteiger partial charge in [-0.25, -0.2) is 4.79 Å². The van der Waals surface area contributed by atoms with Crippen molar-refractivity contribution in [2.45, 2.75) is 13.5 Å². The third-order valence-corrected chi connectivity index (χ3v) is 1.87. The van der Waals surface area contributed by atoms with Crippen LogP contribution in [0.1, 0.15) is 22.8 Å². The molecule has 84 valence electrons. The number of aromatic hydroxyl groups is 1. The minimum Gasteiger partial charge on any atom is -0.507 e. The molecule has 1 aromatic carbocycles. The van der Waals surface area contributed by atoms with Crippen LogP contribution in [-0.4, -0.2) is 22.7 Å². The van der Waals surface area contributed by atoms with Crippen LogP contribution >= 0.6 is 12.4 Å². The molecule has 0 spiro atoms. The van der Waals surface area contributed by atoms with Crippen molar-refractivity contribution in [2.75, 3.05) is 6.54 Å². The molecule has 0 unspecified atom stereocenters. The molecule has 0 saturated heterocycles. The van der Waals surface area contributed by atoms with E-state index in [1.165, 1.54) is 12.1 Å². The SMILES string of the molecule is CCNCc1ccc(C(=O)O)c(O)c1.Cl. The summed E-state index contributed by atoms with van der Waals surface area (Å²) in [5.74, 6) is -1.30. The quantitative estimate of drug-likeness (QED) is 0.737. The van der Waals surface area contributed by atoms with Crippen molar-refractivity contribution < 1.29 is 15.0 Å². The van der Waals surface area contributed by atoms with E-state index in [4.69, 9.17) is 5.11 Å². The fourth-order valence-electron chi connectivity index (χ4n) is 1.14. The summed E-state index contributed by atoms with van der Waals surface area (Å²) in [6.07, 6.45) is 0. The van der Waals surface area contributed by atoms with Crippen LogP contribution in [0.4, 0.5) is 0 Å². The first-order valence-corrected chi connectivity index (χ1v) is 4.41. The zero-order chi connectivity index (χ0) is 10.6. The second kappa shape index (κ2) is 6.27. The van der Waals surface area contributed by atoms with Gasteiger partial charge < -0.3 is 15.5 Å². The first-order chi connectivity index (χ1) is 6.65. The molecule has 0 fully saturated rings. The lowest BCUT2D eigenvalue weighted by molar-refractivity contribution is 0.0693. The Morgan fingerprint density at radius 2 is 2.13 bits per heavy atom. The summed E-state index contributed by atoms with van der Waals surface area (Å²) in [7, 11) is 0.